The van der Waals surface area contributed by atoms with Crippen molar-refractivity contribution in [2.75, 3.05) is 13.2 Å². The van der Waals surface area contributed by atoms with Crippen molar-refractivity contribution in [1.82, 2.24) is 4.90 Å². The highest BCUT2D eigenvalue weighted by atomic mass is 16.5. The Morgan fingerprint density at radius 2 is 1.71 bits per heavy atom. The average Bonchev–Trinajstić information content (AvgIpc) is 2.33. The second kappa shape index (κ2) is 4.09. The molecule has 4 heteroatoms. The summed E-state index contributed by atoms with van der Waals surface area (Å²) in [5.41, 5.74) is -0.216. The van der Waals surface area contributed by atoms with Gasteiger partial charge in [0.1, 0.15) is 0 Å². The van der Waals surface area contributed by atoms with E-state index in [9.17, 15) is 9.59 Å². The highest BCUT2D eigenvalue weighted by Crippen LogP contribution is 2.12. The number of amides is 2. The highest BCUT2D eigenvalue weighted by molar-refractivity contribution is 6.01. The molecule has 0 N–H and O–H groups in total. The van der Waals surface area contributed by atoms with Crippen molar-refractivity contribution in [3.8, 4) is 0 Å². The summed E-state index contributed by atoms with van der Waals surface area (Å²) in [6.45, 7) is 6.64. The lowest BCUT2D eigenvalue weighted by atomic mass is 10.2. The largest absolute Gasteiger partial charge is 0.374 e. The highest BCUT2D eigenvalue weighted by Gasteiger charge is 2.28. The maximum Gasteiger partial charge on any atom is 0.229 e. The minimum Gasteiger partial charge on any atom is -0.374 e. The predicted molar refractivity (Wildman–Crippen MR) is 51.7 cm³/mol. The number of carbonyl (C=O) groups is 2. The van der Waals surface area contributed by atoms with E-state index in [1.54, 1.807) is 0 Å². The number of rotatable bonds is 3. The van der Waals surface area contributed by atoms with Gasteiger partial charge in [0.2, 0.25) is 11.8 Å². The molecule has 0 saturated carbocycles. The van der Waals surface area contributed by atoms with Gasteiger partial charge in [0.05, 0.1) is 18.8 Å². The van der Waals surface area contributed by atoms with Crippen molar-refractivity contribution in [3.63, 3.8) is 0 Å². The lowest BCUT2D eigenvalue weighted by Gasteiger charge is -2.21. The molecule has 0 bridgehead atoms. The fraction of sp³-hybridized carbons (Fsp3) is 0.800. The third-order valence-electron chi connectivity index (χ3n) is 2.00. The third kappa shape index (κ3) is 3.10. The first kappa shape index (κ1) is 11.2. The SMILES string of the molecule is CC(C)(C)OCCN1C(=O)CCC1=O. The van der Waals surface area contributed by atoms with Crippen molar-refractivity contribution in [2.45, 2.75) is 39.2 Å². The number of ether oxygens (including phenoxy) is 1. The van der Waals surface area contributed by atoms with Gasteiger partial charge in [-0.05, 0) is 20.8 Å². The zero-order valence-electron chi connectivity index (χ0n) is 9.00. The maximum atomic E-state index is 11.2. The molecule has 1 heterocycles. The van der Waals surface area contributed by atoms with Crippen molar-refractivity contribution in [3.05, 3.63) is 0 Å². The Hall–Kier alpha value is -0.900. The number of likely N-dealkylation sites (tertiary alicyclic amines) is 1. The fourth-order valence-corrected chi connectivity index (χ4v) is 1.32. The molecule has 0 aliphatic carbocycles. The summed E-state index contributed by atoms with van der Waals surface area (Å²) in [5.74, 6) is -0.153. The van der Waals surface area contributed by atoms with Crippen LogP contribution in [0, 0.1) is 0 Å². The average molecular weight is 199 g/mol. The molecule has 1 fully saturated rings. The van der Waals surface area contributed by atoms with E-state index >= 15 is 0 Å². The minimum atomic E-state index is -0.216. The summed E-state index contributed by atoms with van der Waals surface area (Å²) in [4.78, 5) is 23.7. The standard InChI is InChI=1S/C10H17NO3/c1-10(2,3)14-7-6-11-8(12)4-5-9(11)13/h4-7H2,1-3H3. The van der Waals surface area contributed by atoms with E-state index in [1.807, 2.05) is 20.8 Å². The number of imide groups is 1. The van der Waals surface area contributed by atoms with E-state index in [2.05, 4.69) is 0 Å². The number of carbonyl (C=O) groups excluding carboxylic acids is 2. The van der Waals surface area contributed by atoms with Crippen molar-refractivity contribution >= 4 is 11.8 Å². The van der Waals surface area contributed by atoms with E-state index in [0.717, 1.165) is 0 Å². The molecule has 0 unspecified atom stereocenters. The van der Waals surface area contributed by atoms with Crippen molar-refractivity contribution < 1.29 is 14.3 Å². The van der Waals surface area contributed by atoms with Crippen LogP contribution in [0.2, 0.25) is 0 Å². The molecule has 14 heavy (non-hydrogen) atoms. The molecule has 1 saturated heterocycles. The lowest BCUT2D eigenvalue weighted by molar-refractivity contribution is -0.140. The summed E-state index contributed by atoms with van der Waals surface area (Å²) in [5, 5.41) is 0. The van der Waals surface area contributed by atoms with Crippen LogP contribution in [0.5, 0.6) is 0 Å². The molecule has 0 aromatic heterocycles. The molecule has 1 aliphatic heterocycles. The summed E-state index contributed by atoms with van der Waals surface area (Å²) >= 11 is 0. The molecule has 0 spiro atoms. The Balaban J connectivity index is 2.31. The molecule has 0 aromatic rings. The maximum absolute atomic E-state index is 11.2. The smallest absolute Gasteiger partial charge is 0.229 e. The minimum absolute atomic E-state index is 0.0764. The molecule has 0 radical (unpaired) electrons. The number of hydrogen-bond acceptors (Lipinski definition) is 3. The first-order valence-electron chi connectivity index (χ1n) is 4.87. The summed E-state index contributed by atoms with van der Waals surface area (Å²) in [6.07, 6.45) is 0.711. The van der Waals surface area contributed by atoms with Crippen LogP contribution >= 0.6 is 0 Å². The van der Waals surface area contributed by atoms with Gasteiger partial charge < -0.3 is 4.74 Å². The Bertz CT molecular complexity index is 226. The van der Waals surface area contributed by atoms with Gasteiger partial charge in [-0.15, -0.1) is 0 Å². The second-order valence-corrected chi connectivity index (χ2v) is 4.40. The van der Waals surface area contributed by atoms with E-state index in [1.165, 1.54) is 4.90 Å². The molecule has 2 amide bonds. The van der Waals surface area contributed by atoms with Crippen LogP contribution in [0.4, 0.5) is 0 Å². The first-order valence-corrected chi connectivity index (χ1v) is 4.87. The van der Waals surface area contributed by atoms with Crippen LogP contribution < -0.4 is 0 Å². The van der Waals surface area contributed by atoms with Gasteiger partial charge in [-0.1, -0.05) is 0 Å². The van der Waals surface area contributed by atoms with Crippen LogP contribution in [0.25, 0.3) is 0 Å². The fourth-order valence-electron chi connectivity index (χ4n) is 1.32. The van der Waals surface area contributed by atoms with Gasteiger partial charge in [0.15, 0.2) is 0 Å². The van der Waals surface area contributed by atoms with Crippen LogP contribution in [0.15, 0.2) is 0 Å². The molecule has 4 nitrogen and oxygen atoms in total. The van der Waals surface area contributed by atoms with E-state index in [0.29, 0.717) is 26.0 Å². The molecule has 1 rings (SSSR count). The van der Waals surface area contributed by atoms with Crippen molar-refractivity contribution in [1.29, 1.82) is 0 Å². The van der Waals surface area contributed by atoms with Crippen LogP contribution in [-0.2, 0) is 14.3 Å². The van der Waals surface area contributed by atoms with Gasteiger partial charge >= 0.3 is 0 Å². The van der Waals surface area contributed by atoms with Crippen LogP contribution in [0.3, 0.4) is 0 Å². The summed E-state index contributed by atoms with van der Waals surface area (Å²) < 4.78 is 5.44. The summed E-state index contributed by atoms with van der Waals surface area (Å²) in [7, 11) is 0. The van der Waals surface area contributed by atoms with Crippen molar-refractivity contribution in [2.24, 2.45) is 0 Å². The van der Waals surface area contributed by atoms with Gasteiger partial charge in [0.25, 0.3) is 0 Å². The second-order valence-electron chi connectivity index (χ2n) is 4.40. The monoisotopic (exact) mass is 199 g/mol. The zero-order valence-corrected chi connectivity index (χ0v) is 9.00. The number of nitrogens with zero attached hydrogens (tertiary/aromatic N) is 1. The normalized spacial score (nSPS) is 18.1. The molecular formula is C10H17NO3. The van der Waals surface area contributed by atoms with E-state index in [4.69, 9.17) is 4.74 Å². The van der Waals surface area contributed by atoms with Gasteiger partial charge in [-0.25, -0.2) is 0 Å². The summed E-state index contributed by atoms with van der Waals surface area (Å²) in [6, 6.07) is 0. The van der Waals surface area contributed by atoms with E-state index in [-0.39, 0.29) is 17.4 Å². The van der Waals surface area contributed by atoms with Crippen LogP contribution in [-0.4, -0.2) is 35.5 Å². The molecular weight excluding hydrogens is 182 g/mol. The quantitative estimate of drug-likeness (QED) is 0.636. The lowest BCUT2D eigenvalue weighted by Crippen LogP contribution is -2.34. The molecule has 1 aliphatic rings. The Labute approximate surface area is 84.2 Å². The van der Waals surface area contributed by atoms with Crippen LogP contribution in [0.1, 0.15) is 33.6 Å². The van der Waals surface area contributed by atoms with Gasteiger partial charge in [0, 0.05) is 12.8 Å². The van der Waals surface area contributed by atoms with Gasteiger partial charge in [-0.3, -0.25) is 14.5 Å². The third-order valence-corrected chi connectivity index (χ3v) is 2.00. The molecule has 0 atom stereocenters. The Morgan fingerprint density at radius 3 is 2.14 bits per heavy atom. The predicted octanol–water partition coefficient (Wildman–Crippen LogP) is 0.950. The molecule has 80 valence electrons. The molecule has 0 aromatic carbocycles. The zero-order chi connectivity index (χ0) is 10.8. The Morgan fingerprint density at radius 1 is 1.21 bits per heavy atom. The Kier molecular flexibility index (Phi) is 3.26. The van der Waals surface area contributed by atoms with E-state index < -0.39 is 0 Å². The first-order chi connectivity index (χ1) is 6.40. The number of hydrogen-bond donors (Lipinski definition) is 0. The topological polar surface area (TPSA) is 46.6 Å². The van der Waals surface area contributed by atoms with Gasteiger partial charge in [-0.2, -0.15) is 0 Å².